The number of likely N-dealkylation sites (N-methyl/N-ethyl adjacent to an activating group) is 1. The number of benzene rings is 1. The van der Waals surface area contributed by atoms with Crippen LogP contribution in [0.25, 0.3) is 0 Å². The minimum atomic E-state index is -1.20. The molecule has 2 N–H and O–H groups in total. The Balaban J connectivity index is 2.72. The smallest absolute Gasteiger partial charge is 0.337 e. The van der Waals surface area contributed by atoms with Gasteiger partial charge in [-0.1, -0.05) is 11.6 Å². The molecule has 1 aromatic rings. The zero-order chi connectivity index (χ0) is 16.0. The molecule has 114 valence electrons. The van der Waals surface area contributed by atoms with Crippen molar-refractivity contribution in [2.75, 3.05) is 25.5 Å². The maximum absolute atomic E-state index is 11.8. The van der Waals surface area contributed by atoms with Gasteiger partial charge in [-0.2, -0.15) is 0 Å². The molecule has 7 nitrogen and oxygen atoms in total. The summed E-state index contributed by atoms with van der Waals surface area (Å²) < 4.78 is 4.72. The molecule has 0 bridgehead atoms. The number of rotatable bonds is 5. The molecule has 0 spiro atoms. The van der Waals surface area contributed by atoms with Crippen molar-refractivity contribution < 1.29 is 24.2 Å². The number of anilines is 1. The molecule has 0 unspecified atom stereocenters. The fourth-order valence-corrected chi connectivity index (χ4v) is 1.66. The van der Waals surface area contributed by atoms with Crippen LogP contribution in [0.15, 0.2) is 18.2 Å². The van der Waals surface area contributed by atoms with Crippen LogP contribution in [0.3, 0.4) is 0 Å². The van der Waals surface area contributed by atoms with E-state index in [1.807, 2.05) is 0 Å². The Kier molecular flexibility index (Phi) is 5.98. The molecule has 0 radical (unpaired) electrons. The second-order valence-electron chi connectivity index (χ2n) is 4.09. The quantitative estimate of drug-likeness (QED) is 0.811. The minimum absolute atomic E-state index is 0.0698. The predicted octanol–water partition coefficient (Wildman–Crippen LogP) is 2.07. The molecule has 0 fully saturated rings. The van der Waals surface area contributed by atoms with Crippen LogP contribution in [-0.2, 0) is 9.53 Å². The van der Waals surface area contributed by atoms with E-state index in [1.54, 1.807) is 6.92 Å². The summed E-state index contributed by atoms with van der Waals surface area (Å²) in [5.74, 6) is -1.73. The first-order chi connectivity index (χ1) is 9.85. The van der Waals surface area contributed by atoms with E-state index in [0.717, 1.165) is 4.90 Å². The molecule has 1 rings (SSSR count). The maximum atomic E-state index is 11.8. The number of aromatic carboxylic acids is 1. The average Bonchev–Trinajstić information content (AvgIpc) is 2.40. The van der Waals surface area contributed by atoms with Gasteiger partial charge >= 0.3 is 18.0 Å². The van der Waals surface area contributed by atoms with Gasteiger partial charge in [0.05, 0.1) is 17.2 Å². The first-order valence-corrected chi connectivity index (χ1v) is 6.43. The molecule has 0 atom stereocenters. The molecule has 0 saturated heterocycles. The van der Waals surface area contributed by atoms with Crippen molar-refractivity contribution in [3.63, 3.8) is 0 Å². The van der Waals surface area contributed by atoms with Gasteiger partial charge in [0.2, 0.25) is 0 Å². The number of ether oxygens (including phenoxy) is 1. The standard InChI is InChI=1S/C13H15ClN2O5/c1-3-21-11(17)7-16(2)13(20)15-8-4-5-10(14)9(6-8)12(18)19/h4-6H,3,7H2,1-2H3,(H,15,20)(H,18,19). The van der Waals surface area contributed by atoms with Gasteiger partial charge in [0, 0.05) is 12.7 Å². The van der Waals surface area contributed by atoms with Crippen molar-refractivity contribution in [3.05, 3.63) is 28.8 Å². The summed E-state index contributed by atoms with van der Waals surface area (Å²) in [5.41, 5.74) is 0.139. The molecular formula is C13H15ClN2O5. The van der Waals surface area contributed by atoms with Gasteiger partial charge < -0.3 is 20.1 Å². The number of hydrogen-bond donors (Lipinski definition) is 2. The number of halogens is 1. The zero-order valence-corrected chi connectivity index (χ0v) is 12.3. The molecule has 21 heavy (non-hydrogen) atoms. The van der Waals surface area contributed by atoms with Crippen LogP contribution in [0, 0.1) is 0 Å². The Bertz CT molecular complexity index is 561. The van der Waals surface area contributed by atoms with Crippen LogP contribution < -0.4 is 5.32 Å². The number of nitrogens with zero attached hydrogens (tertiary/aromatic N) is 1. The molecule has 0 aliphatic heterocycles. The lowest BCUT2D eigenvalue weighted by molar-refractivity contribution is -0.143. The number of urea groups is 1. The predicted molar refractivity (Wildman–Crippen MR) is 76.7 cm³/mol. The average molecular weight is 315 g/mol. The topological polar surface area (TPSA) is 95.9 Å². The number of carbonyl (C=O) groups is 3. The number of amides is 2. The lowest BCUT2D eigenvalue weighted by Crippen LogP contribution is -2.36. The van der Waals surface area contributed by atoms with E-state index in [-0.39, 0.29) is 29.4 Å². The molecular weight excluding hydrogens is 300 g/mol. The zero-order valence-electron chi connectivity index (χ0n) is 11.6. The summed E-state index contributed by atoms with van der Waals surface area (Å²) in [4.78, 5) is 35.2. The van der Waals surface area contributed by atoms with E-state index in [9.17, 15) is 14.4 Å². The summed E-state index contributed by atoms with van der Waals surface area (Å²) in [6, 6.07) is 3.50. The molecule has 2 amide bonds. The molecule has 0 heterocycles. The van der Waals surface area contributed by atoms with E-state index in [1.165, 1.54) is 25.2 Å². The number of carboxylic acid groups (broad SMARTS) is 1. The van der Waals surface area contributed by atoms with Crippen molar-refractivity contribution in [1.82, 2.24) is 4.90 Å². The van der Waals surface area contributed by atoms with Crippen LogP contribution >= 0.6 is 11.6 Å². The minimum Gasteiger partial charge on any atom is -0.478 e. The van der Waals surface area contributed by atoms with Gasteiger partial charge in [-0.3, -0.25) is 4.79 Å². The molecule has 0 aliphatic carbocycles. The first-order valence-electron chi connectivity index (χ1n) is 6.05. The van der Waals surface area contributed by atoms with Crippen LogP contribution in [-0.4, -0.2) is 48.2 Å². The molecule has 0 aliphatic rings. The number of nitrogens with one attached hydrogen (secondary N) is 1. The van der Waals surface area contributed by atoms with Gasteiger partial charge in [-0.25, -0.2) is 9.59 Å². The fraction of sp³-hybridized carbons (Fsp3) is 0.308. The van der Waals surface area contributed by atoms with E-state index in [2.05, 4.69) is 5.32 Å². The highest BCUT2D eigenvalue weighted by molar-refractivity contribution is 6.33. The second kappa shape index (κ2) is 7.49. The summed E-state index contributed by atoms with van der Waals surface area (Å²) >= 11 is 5.73. The van der Waals surface area contributed by atoms with Gasteiger partial charge in [0.15, 0.2) is 0 Å². The van der Waals surface area contributed by atoms with Crippen molar-refractivity contribution in [2.24, 2.45) is 0 Å². The van der Waals surface area contributed by atoms with Gasteiger partial charge in [0.25, 0.3) is 0 Å². The normalized spacial score (nSPS) is 9.86. The number of hydrogen-bond acceptors (Lipinski definition) is 4. The van der Waals surface area contributed by atoms with E-state index in [4.69, 9.17) is 21.4 Å². The second-order valence-corrected chi connectivity index (χ2v) is 4.50. The third-order valence-electron chi connectivity index (χ3n) is 2.47. The lowest BCUT2D eigenvalue weighted by Gasteiger charge is -2.17. The van der Waals surface area contributed by atoms with Crippen molar-refractivity contribution in [2.45, 2.75) is 6.92 Å². The highest BCUT2D eigenvalue weighted by Crippen LogP contribution is 2.20. The van der Waals surface area contributed by atoms with Crippen LogP contribution in [0.1, 0.15) is 17.3 Å². The highest BCUT2D eigenvalue weighted by Gasteiger charge is 2.15. The van der Waals surface area contributed by atoms with Crippen molar-refractivity contribution in [1.29, 1.82) is 0 Å². The van der Waals surface area contributed by atoms with Gasteiger partial charge in [0.1, 0.15) is 6.54 Å². The van der Waals surface area contributed by atoms with E-state index < -0.39 is 18.0 Å². The Labute approximate surface area is 126 Å². The first kappa shape index (κ1) is 16.8. The Morgan fingerprint density at radius 3 is 2.62 bits per heavy atom. The van der Waals surface area contributed by atoms with E-state index >= 15 is 0 Å². The third kappa shape index (κ3) is 4.96. The van der Waals surface area contributed by atoms with Crippen molar-refractivity contribution >= 4 is 35.3 Å². The van der Waals surface area contributed by atoms with E-state index in [0.29, 0.717) is 0 Å². The Morgan fingerprint density at radius 1 is 1.38 bits per heavy atom. The largest absolute Gasteiger partial charge is 0.478 e. The Hall–Kier alpha value is -2.28. The molecule has 0 saturated carbocycles. The molecule has 1 aromatic carbocycles. The maximum Gasteiger partial charge on any atom is 0.337 e. The fourth-order valence-electron chi connectivity index (χ4n) is 1.46. The molecule has 8 heteroatoms. The number of carboxylic acids is 1. The van der Waals surface area contributed by atoms with Crippen LogP contribution in [0.5, 0.6) is 0 Å². The number of esters is 1. The summed E-state index contributed by atoms with van der Waals surface area (Å²) in [6.45, 7) is 1.69. The lowest BCUT2D eigenvalue weighted by atomic mass is 10.2. The van der Waals surface area contributed by atoms with Gasteiger partial charge in [-0.05, 0) is 25.1 Å². The highest BCUT2D eigenvalue weighted by atomic mass is 35.5. The third-order valence-corrected chi connectivity index (χ3v) is 2.80. The summed E-state index contributed by atoms with van der Waals surface area (Å²) in [6.07, 6.45) is 0. The van der Waals surface area contributed by atoms with Crippen molar-refractivity contribution in [3.8, 4) is 0 Å². The van der Waals surface area contributed by atoms with Crippen LogP contribution in [0.2, 0.25) is 5.02 Å². The SMILES string of the molecule is CCOC(=O)CN(C)C(=O)Nc1ccc(Cl)c(C(=O)O)c1. The molecule has 0 aromatic heterocycles. The monoisotopic (exact) mass is 314 g/mol. The summed E-state index contributed by atoms with van der Waals surface area (Å²) in [7, 11) is 1.42. The summed E-state index contributed by atoms with van der Waals surface area (Å²) in [5, 5.41) is 11.5. The van der Waals surface area contributed by atoms with Crippen LogP contribution in [0.4, 0.5) is 10.5 Å². The van der Waals surface area contributed by atoms with Gasteiger partial charge in [-0.15, -0.1) is 0 Å². The number of carbonyl (C=O) groups excluding carboxylic acids is 2. The Morgan fingerprint density at radius 2 is 2.05 bits per heavy atom.